The van der Waals surface area contributed by atoms with Gasteiger partial charge in [0.25, 0.3) is 0 Å². The van der Waals surface area contributed by atoms with E-state index < -0.39 is 17.0 Å². The minimum atomic E-state index is -0.758. The molecule has 3 rings (SSSR count). The summed E-state index contributed by atoms with van der Waals surface area (Å²) < 4.78 is 12.6. The van der Waals surface area contributed by atoms with Crippen LogP contribution in [0.5, 0.6) is 11.5 Å². The second-order valence-corrected chi connectivity index (χ2v) is 6.29. The third-order valence-electron chi connectivity index (χ3n) is 4.33. The lowest BCUT2D eigenvalue weighted by molar-refractivity contribution is -0.116. The fourth-order valence-corrected chi connectivity index (χ4v) is 2.75. The number of rotatable bonds is 7. The second kappa shape index (κ2) is 8.92. The maximum absolute atomic E-state index is 12.4. The summed E-state index contributed by atoms with van der Waals surface area (Å²) in [5.41, 5.74) is -0.0366. The minimum absolute atomic E-state index is 0.247. The Labute approximate surface area is 166 Å². The molecule has 0 atom stereocenters. The quantitative estimate of drug-likeness (QED) is 0.615. The van der Waals surface area contributed by atoms with Crippen molar-refractivity contribution >= 4 is 11.6 Å². The molecule has 3 aromatic rings. The van der Waals surface area contributed by atoms with Crippen molar-refractivity contribution in [3.63, 3.8) is 0 Å². The van der Waals surface area contributed by atoms with Crippen molar-refractivity contribution in [2.45, 2.75) is 13.1 Å². The highest BCUT2D eigenvalue weighted by atomic mass is 16.5. The first-order valence-electron chi connectivity index (χ1n) is 8.87. The van der Waals surface area contributed by atoms with Crippen LogP contribution in [0.2, 0.25) is 0 Å². The van der Waals surface area contributed by atoms with E-state index in [1.54, 1.807) is 50.6 Å². The zero-order valence-electron chi connectivity index (χ0n) is 16.1. The Bertz CT molecular complexity index is 1100. The molecule has 1 N–H and O–H groups in total. The van der Waals surface area contributed by atoms with E-state index in [-0.39, 0.29) is 13.1 Å². The Hall–Kier alpha value is -3.81. The first-order valence-corrected chi connectivity index (χ1v) is 8.87. The number of carbonyl (C=O) groups excluding carboxylic acids is 1. The number of benzene rings is 2. The fraction of sp³-hybridized carbons (Fsp3) is 0.190. The summed E-state index contributed by atoms with van der Waals surface area (Å²) in [7, 11) is 3.13. The molecule has 2 aromatic carbocycles. The number of ether oxygens (including phenoxy) is 2. The van der Waals surface area contributed by atoms with Gasteiger partial charge in [0.1, 0.15) is 18.0 Å². The highest BCUT2D eigenvalue weighted by molar-refractivity contribution is 5.90. The van der Waals surface area contributed by atoms with Crippen molar-refractivity contribution in [3.8, 4) is 11.5 Å². The maximum atomic E-state index is 12.4. The predicted octanol–water partition coefficient (Wildman–Crippen LogP) is 1.71. The molecule has 1 heterocycles. The largest absolute Gasteiger partial charge is 0.497 e. The van der Waals surface area contributed by atoms with Gasteiger partial charge in [-0.1, -0.05) is 12.1 Å². The molecule has 0 spiro atoms. The van der Waals surface area contributed by atoms with Crippen LogP contribution in [0.4, 0.5) is 5.69 Å². The summed E-state index contributed by atoms with van der Waals surface area (Å²) in [6.07, 6.45) is 2.93. The monoisotopic (exact) mass is 395 g/mol. The van der Waals surface area contributed by atoms with Crippen LogP contribution in [0.3, 0.4) is 0 Å². The van der Waals surface area contributed by atoms with Gasteiger partial charge in [0.2, 0.25) is 5.91 Å². The molecule has 0 bridgehead atoms. The van der Waals surface area contributed by atoms with Crippen molar-refractivity contribution in [1.29, 1.82) is 0 Å². The molecular formula is C21H21N3O5. The number of aromatic nitrogens is 2. The Balaban J connectivity index is 1.70. The lowest BCUT2D eigenvalue weighted by Crippen LogP contribution is -2.42. The highest BCUT2D eigenvalue weighted by Crippen LogP contribution is 2.15. The predicted molar refractivity (Wildman–Crippen MR) is 109 cm³/mol. The summed E-state index contributed by atoms with van der Waals surface area (Å²) in [5, 5.41) is 2.68. The van der Waals surface area contributed by atoms with Crippen LogP contribution in [0.25, 0.3) is 0 Å². The van der Waals surface area contributed by atoms with Crippen molar-refractivity contribution < 1.29 is 14.3 Å². The van der Waals surface area contributed by atoms with E-state index in [9.17, 15) is 14.4 Å². The van der Waals surface area contributed by atoms with Crippen LogP contribution in [-0.2, 0) is 17.9 Å². The zero-order valence-corrected chi connectivity index (χ0v) is 16.1. The average Bonchev–Trinajstić information content (AvgIpc) is 2.74. The van der Waals surface area contributed by atoms with Gasteiger partial charge in [0.05, 0.1) is 20.8 Å². The third-order valence-corrected chi connectivity index (χ3v) is 4.33. The van der Waals surface area contributed by atoms with E-state index in [4.69, 9.17) is 9.47 Å². The van der Waals surface area contributed by atoms with E-state index >= 15 is 0 Å². The Kier molecular flexibility index (Phi) is 6.13. The number of hydrogen-bond acceptors (Lipinski definition) is 5. The molecule has 0 aliphatic rings. The van der Waals surface area contributed by atoms with Crippen molar-refractivity contribution in [3.05, 3.63) is 87.2 Å². The number of nitrogens with zero attached hydrogens (tertiary/aromatic N) is 2. The smallest absolute Gasteiger partial charge is 0.316 e. The summed E-state index contributed by atoms with van der Waals surface area (Å²) in [6.45, 7) is -0.0135. The SMILES string of the molecule is COc1ccc(Cn2ccn(CC(=O)Nc3ccc(OC)cc3)c(=O)c2=O)cc1. The molecular weight excluding hydrogens is 374 g/mol. The summed E-state index contributed by atoms with van der Waals surface area (Å²) in [5.74, 6) is 0.962. The van der Waals surface area contributed by atoms with Crippen LogP contribution in [0, 0.1) is 0 Å². The van der Waals surface area contributed by atoms with Gasteiger partial charge in [0, 0.05) is 18.1 Å². The molecule has 0 saturated carbocycles. The summed E-state index contributed by atoms with van der Waals surface area (Å²) in [4.78, 5) is 37.0. The van der Waals surface area contributed by atoms with Gasteiger partial charge in [-0.3, -0.25) is 19.0 Å². The standard InChI is InChI=1S/C21H21N3O5/c1-28-17-7-3-15(4-8-17)13-23-11-12-24(21(27)20(23)26)14-19(25)22-16-5-9-18(29-2)10-6-16/h3-12H,13-14H2,1-2H3,(H,22,25). The van der Waals surface area contributed by atoms with Crippen molar-refractivity contribution in [2.24, 2.45) is 0 Å². The van der Waals surface area contributed by atoms with E-state index in [1.165, 1.54) is 17.0 Å². The molecule has 0 radical (unpaired) electrons. The highest BCUT2D eigenvalue weighted by Gasteiger charge is 2.10. The molecule has 8 nitrogen and oxygen atoms in total. The molecule has 0 aliphatic carbocycles. The normalized spacial score (nSPS) is 10.4. The molecule has 1 amide bonds. The van der Waals surface area contributed by atoms with E-state index in [0.29, 0.717) is 17.2 Å². The van der Waals surface area contributed by atoms with E-state index in [2.05, 4.69) is 5.32 Å². The molecule has 0 fully saturated rings. The lowest BCUT2D eigenvalue weighted by Gasteiger charge is -2.10. The van der Waals surface area contributed by atoms with Crippen molar-refractivity contribution in [2.75, 3.05) is 19.5 Å². The number of nitrogens with one attached hydrogen (secondary N) is 1. The second-order valence-electron chi connectivity index (χ2n) is 6.29. The molecule has 29 heavy (non-hydrogen) atoms. The van der Waals surface area contributed by atoms with Gasteiger partial charge in [-0.25, -0.2) is 0 Å². The summed E-state index contributed by atoms with van der Waals surface area (Å²) in [6, 6.07) is 14.0. The molecule has 0 aliphatic heterocycles. The van der Waals surface area contributed by atoms with Gasteiger partial charge in [-0.05, 0) is 42.0 Å². The zero-order chi connectivity index (χ0) is 20.8. The van der Waals surface area contributed by atoms with Crippen LogP contribution in [0.1, 0.15) is 5.56 Å². The molecule has 0 unspecified atom stereocenters. The fourth-order valence-electron chi connectivity index (χ4n) is 2.75. The topological polar surface area (TPSA) is 91.6 Å². The average molecular weight is 395 g/mol. The lowest BCUT2D eigenvalue weighted by atomic mass is 10.2. The number of anilines is 1. The van der Waals surface area contributed by atoms with Gasteiger partial charge in [0.15, 0.2) is 0 Å². The number of carbonyl (C=O) groups is 1. The Morgan fingerprint density at radius 3 is 1.93 bits per heavy atom. The van der Waals surface area contributed by atoms with Crippen LogP contribution in [-0.4, -0.2) is 29.3 Å². The molecule has 150 valence electrons. The van der Waals surface area contributed by atoms with Crippen LogP contribution < -0.4 is 25.9 Å². The first kappa shape index (κ1) is 19.9. The number of methoxy groups -OCH3 is 2. The third kappa shape index (κ3) is 4.92. The number of hydrogen-bond donors (Lipinski definition) is 1. The molecule has 0 saturated heterocycles. The Morgan fingerprint density at radius 1 is 0.828 bits per heavy atom. The minimum Gasteiger partial charge on any atom is -0.497 e. The van der Waals surface area contributed by atoms with Gasteiger partial charge >= 0.3 is 11.1 Å². The Morgan fingerprint density at radius 2 is 1.34 bits per heavy atom. The van der Waals surface area contributed by atoms with Gasteiger partial charge in [-0.15, -0.1) is 0 Å². The maximum Gasteiger partial charge on any atom is 0.316 e. The van der Waals surface area contributed by atoms with E-state index in [0.717, 1.165) is 10.1 Å². The van der Waals surface area contributed by atoms with Gasteiger partial charge in [-0.2, -0.15) is 0 Å². The molecule has 1 aromatic heterocycles. The molecule has 8 heteroatoms. The van der Waals surface area contributed by atoms with Crippen LogP contribution >= 0.6 is 0 Å². The summed E-state index contributed by atoms with van der Waals surface area (Å²) >= 11 is 0. The van der Waals surface area contributed by atoms with Gasteiger partial charge < -0.3 is 19.4 Å². The van der Waals surface area contributed by atoms with E-state index in [1.807, 2.05) is 12.1 Å². The van der Waals surface area contributed by atoms with Crippen LogP contribution in [0.15, 0.2) is 70.5 Å². The number of amides is 1. The van der Waals surface area contributed by atoms with Crippen molar-refractivity contribution in [1.82, 2.24) is 9.13 Å². The first-order chi connectivity index (χ1) is 14.0.